The first kappa shape index (κ1) is 15.2. The maximum atomic E-state index is 10.9. The monoisotopic (exact) mass is 264 g/mol. The summed E-state index contributed by atoms with van der Waals surface area (Å²) in [4.78, 5) is 10.5. The molecular weight excluding hydrogens is 244 g/mol. The van der Waals surface area contributed by atoms with Gasteiger partial charge in [-0.15, -0.1) is 0 Å². The second-order valence-corrected chi connectivity index (χ2v) is 4.47. The van der Waals surface area contributed by atoms with Crippen LogP contribution in [0.1, 0.15) is 26.3 Å². The highest BCUT2D eigenvalue weighted by atomic mass is 16.6. The highest BCUT2D eigenvalue weighted by Gasteiger charge is 2.15. The van der Waals surface area contributed by atoms with Crippen molar-refractivity contribution in [1.29, 1.82) is 0 Å². The van der Waals surface area contributed by atoms with Gasteiger partial charge in [-0.1, -0.05) is 32.1 Å². The molecule has 5 nitrogen and oxygen atoms in total. The van der Waals surface area contributed by atoms with Gasteiger partial charge in [0.25, 0.3) is 0 Å². The standard InChI is InChI=1S/C14H20N2O3/c1-4-5-8-19-14-9-12(10-15-11(2)3)6-7-13(14)16(17)18/h4-7,9,11,15H,8,10H2,1-3H3. The van der Waals surface area contributed by atoms with E-state index in [1.807, 2.05) is 19.1 Å². The molecule has 0 spiro atoms. The second kappa shape index (κ2) is 7.53. The Kier molecular flexibility index (Phi) is 6.02. The quantitative estimate of drug-likeness (QED) is 0.467. The molecule has 0 saturated carbocycles. The Morgan fingerprint density at radius 1 is 1.47 bits per heavy atom. The number of hydrogen-bond acceptors (Lipinski definition) is 4. The van der Waals surface area contributed by atoms with E-state index in [0.29, 0.717) is 24.9 Å². The van der Waals surface area contributed by atoms with Gasteiger partial charge in [-0.3, -0.25) is 10.1 Å². The van der Waals surface area contributed by atoms with E-state index in [0.717, 1.165) is 5.56 Å². The van der Waals surface area contributed by atoms with E-state index in [9.17, 15) is 10.1 Å². The van der Waals surface area contributed by atoms with Gasteiger partial charge in [0.1, 0.15) is 6.61 Å². The van der Waals surface area contributed by atoms with E-state index in [2.05, 4.69) is 19.2 Å². The number of benzene rings is 1. The van der Waals surface area contributed by atoms with Crippen LogP contribution in [0.5, 0.6) is 5.75 Å². The van der Waals surface area contributed by atoms with Gasteiger partial charge in [-0.25, -0.2) is 0 Å². The minimum absolute atomic E-state index is 0.00204. The fourth-order valence-corrected chi connectivity index (χ4v) is 1.49. The summed E-state index contributed by atoms with van der Waals surface area (Å²) >= 11 is 0. The first-order valence-corrected chi connectivity index (χ1v) is 6.29. The number of rotatable bonds is 7. The topological polar surface area (TPSA) is 64.4 Å². The highest BCUT2D eigenvalue weighted by Crippen LogP contribution is 2.28. The normalized spacial score (nSPS) is 11.2. The molecule has 0 bridgehead atoms. The predicted molar refractivity (Wildman–Crippen MR) is 75.4 cm³/mol. The summed E-state index contributed by atoms with van der Waals surface area (Å²) in [7, 11) is 0. The Morgan fingerprint density at radius 2 is 2.21 bits per heavy atom. The van der Waals surface area contributed by atoms with E-state index in [1.165, 1.54) is 6.07 Å². The largest absolute Gasteiger partial charge is 0.483 e. The Hall–Kier alpha value is -1.88. The number of nitrogens with one attached hydrogen (secondary N) is 1. The molecule has 5 heteroatoms. The summed E-state index contributed by atoms with van der Waals surface area (Å²) < 4.78 is 5.43. The van der Waals surface area contributed by atoms with Crippen LogP contribution in [0.15, 0.2) is 30.4 Å². The van der Waals surface area contributed by atoms with Crippen LogP contribution < -0.4 is 10.1 Å². The van der Waals surface area contributed by atoms with Gasteiger partial charge in [0.2, 0.25) is 0 Å². The summed E-state index contributed by atoms with van der Waals surface area (Å²) in [6.07, 6.45) is 3.65. The molecule has 1 aromatic rings. The van der Waals surface area contributed by atoms with E-state index >= 15 is 0 Å². The molecule has 0 unspecified atom stereocenters. The first-order chi connectivity index (χ1) is 9.04. The van der Waals surface area contributed by atoms with Gasteiger partial charge in [-0.05, 0) is 18.6 Å². The minimum Gasteiger partial charge on any atom is -0.483 e. The molecular formula is C14H20N2O3. The van der Waals surface area contributed by atoms with E-state index in [4.69, 9.17) is 4.74 Å². The zero-order valence-electron chi connectivity index (χ0n) is 11.6. The van der Waals surface area contributed by atoms with Gasteiger partial charge in [0.05, 0.1) is 4.92 Å². The summed E-state index contributed by atoms with van der Waals surface area (Å²) in [6, 6.07) is 5.32. The molecule has 1 aromatic carbocycles. The van der Waals surface area contributed by atoms with Crippen molar-refractivity contribution >= 4 is 5.69 Å². The number of hydrogen-bond donors (Lipinski definition) is 1. The van der Waals surface area contributed by atoms with Crippen LogP contribution in [-0.4, -0.2) is 17.6 Å². The van der Waals surface area contributed by atoms with Gasteiger partial charge in [0, 0.05) is 18.7 Å². The molecule has 0 aromatic heterocycles. The second-order valence-electron chi connectivity index (χ2n) is 4.47. The van der Waals surface area contributed by atoms with Crippen LogP contribution in [-0.2, 0) is 6.54 Å². The molecule has 1 N–H and O–H groups in total. The zero-order valence-corrected chi connectivity index (χ0v) is 11.6. The van der Waals surface area contributed by atoms with Gasteiger partial charge in [0.15, 0.2) is 5.75 Å². The van der Waals surface area contributed by atoms with Crippen LogP contribution >= 0.6 is 0 Å². The molecule has 104 valence electrons. The fraction of sp³-hybridized carbons (Fsp3) is 0.429. The van der Waals surface area contributed by atoms with Crippen molar-refractivity contribution < 1.29 is 9.66 Å². The summed E-state index contributed by atoms with van der Waals surface area (Å²) in [5.41, 5.74) is 0.965. The lowest BCUT2D eigenvalue weighted by Crippen LogP contribution is -2.21. The zero-order chi connectivity index (χ0) is 14.3. The van der Waals surface area contributed by atoms with Gasteiger partial charge in [-0.2, -0.15) is 0 Å². The average Bonchev–Trinajstić information content (AvgIpc) is 2.36. The van der Waals surface area contributed by atoms with E-state index in [-0.39, 0.29) is 5.69 Å². The van der Waals surface area contributed by atoms with Crippen molar-refractivity contribution in [3.8, 4) is 5.75 Å². The number of allylic oxidation sites excluding steroid dienone is 1. The Bertz CT molecular complexity index is 456. The third-order valence-corrected chi connectivity index (χ3v) is 2.51. The Labute approximate surface area is 113 Å². The number of nitro groups is 1. The molecule has 0 aliphatic heterocycles. The van der Waals surface area contributed by atoms with E-state index in [1.54, 1.807) is 12.1 Å². The molecule has 0 aliphatic carbocycles. The summed E-state index contributed by atoms with van der Waals surface area (Å²) in [5.74, 6) is 0.311. The molecule has 0 atom stereocenters. The first-order valence-electron chi connectivity index (χ1n) is 6.29. The van der Waals surface area contributed by atoms with Crippen LogP contribution in [0, 0.1) is 10.1 Å². The molecule has 0 aliphatic rings. The smallest absolute Gasteiger partial charge is 0.310 e. The molecule has 0 radical (unpaired) electrons. The maximum Gasteiger partial charge on any atom is 0.310 e. The van der Waals surface area contributed by atoms with Crippen molar-refractivity contribution in [2.75, 3.05) is 6.61 Å². The van der Waals surface area contributed by atoms with Crippen molar-refractivity contribution in [3.05, 3.63) is 46.0 Å². The maximum absolute atomic E-state index is 10.9. The van der Waals surface area contributed by atoms with Crippen LogP contribution in [0.2, 0.25) is 0 Å². The highest BCUT2D eigenvalue weighted by molar-refractivity contribution is 5.48. The van der Waals surface area contributed by atoms with Crippen LogP contribution in [0.25, 0.3) is 0 Å². The lowest BCUT2D eigenvalue weighted by Gasteiger charge is -2.10. The third kappa shape index (κ3) is 5.09. The molecule has 0 heterocycles. The van der Waals surface area contributed by atoms with Crippen molar-refractivity contribution in [3.63, 3.8) is 0 Å². The molecule has 1 rings (SSSR count). The van der Waals surface area contributed by atoms with E-state index < -0.39 is 4.92 Å². The molecule has 0 saturated heterocycles. The Morgan fingerprint density at radius 3 is 2.79 bits per heavy atom. The van der Waals surface area contributed by atoms with Crippen molar-refractivity contribution in [2.24, 2.45) is 0 Å². The lowest BCUT2D eigenvalue weighted by atomic mass is 10.2. The fourth-order valence-electron chi connectivity index (χ4n) is 1.49. The van der Waals surface area contributed by atoms with Gasteiger partial charge >= 0.3 is 5.69 Å². The van der Waals surface area contributed by atoms with Crippen LogP contribution in [0.3, 0.4) is 0 Å². The van der Waals surface area contributed by atoms with Crippen molar-refractivity contribution in [1.82, 2.24) is 5.32 Å². The molecule has 19 heavy (non-hydrogen) atoms. The number of ether oxygens (including phenoxy) is 1. The molecule has 0 fully saturated rings. The number of nitro benzene ring substituents is 1. The van der Waals surface area contributed by atoms with Crippen LogP contribution in [0.4, 0.5) is 5.69 Å². The molecule has 0 amide bonds. The third-order valence-electron chi connectivity index (χ3n) is 2.51. The SMILES string of the molecule is CC=CCOc1cc(CNC(C)C)ccc1[N+](=O)[O-]. The predicted octanol–water partition coefficient (Wildman–Crippen LogP) is 3.05. The summed E-state index contributed by atoms with van der Waals surface area (Å²) in [5, 5.41) is 14.2. The van der Waals surface area contributed by atoms with Crippen molar-refractivity contribution in [2.45, 2.75) is 33.4 Å². The lowest BCUT2D eigenvalue weighted by molar-refractivity contribution is -0.385. The average molecular weight is 264 g/mol. The number of nitrogens with zero attached hydrogens (tertiary/aromatic N) is 1. The Balaban J connectivity index is 2.87. The van der Waals surface area contributed by atoms with Gasteiger partial charge < -0.3 is 10.1 Å². The minimum atomic E-state index is -0.426. The summed E-state index contributed by atoms with van der Waals surface area (Å²) in [6.45, 7) is 6.97.